The van der Waals surface area contributed by atoms with Crippen LogP contribution < -0.4 is 10.2 Å². The Morgan fingerprint density at radius 3 is 2.83 bits per heavy atom. The summed E-state index contributed by atoms with van der Waals surface area (Å²) < 4.78 is 0.897. The maximum absolute atomic E-state index is 13.2. The predicted molar refractivity (Wildman–Crippen MR) is 135 cm³/mol. The van der Waals surface area contributed by atoms with Gasteiger partial charge in [0.05, 0.1) is 10.9 Å². The third-order valence-corrected chi connectivity index (χ3v) is 7.04. The van der Waals surface area contributed by atoms with Gasteiger partial charge < -0.3 is 10.0 Å². The molecule has 36 heavy (non-hydrogen) atoms. The summed E-state index contributed by atoms with van der Waals surface area (Å²) in [6.45, 7) is 1.08. The number of benzene rings is 1. The Hall–Kier alpha value is -4.64. The Balaban J connectivity index is 1.29. The number of hydrogen-bond donors (Lipinski definition) is 3. The summed E-state index contributed by atoms with van der Waals surface area (Å²) in [5, 5.41) is 19.8. The number of hydrogen-bond acceptors (Lipinski definition) is 8. The molecule has 0 atom stereocenters. The monoisotopic (exact) mass is 497 g/mol. The lowest BCUT2D eigenvalue weighted by Gasteiger charge is -2.31. The third kappa shape index (κ3) is 3.95. The zero-order valence-electron chi connectivity index (χ0n) is 18.8. The molecule has 0 bridgehead atoms. The summed E-state index contributed by atoms with van der Waals surface area (Å²) >= 11 is 1.37. The number of aromatic carboxylic acids is 1. The van der Waals surface area contributed by atoms with E-state index in [1.165, 1.54) is 11.3 Å². The molecule has 1 aromatic carbocycles. The maximum Gasteiger partial charge on any atom is 0.355 e. The lowest BCUT2D eigenvalue weighted by molar-refractivity contribution is 0.0691. The number of thiazole rings is 1. The Kier molecular flexibility index (Phi) is 5.38. The Morgan fingerprint density at radius 2 is 2.03 bits per heavy atom. The first-order valence-electron chi connectivity index (χ1n) is 11.2. The number of pyridine rings is 2. The van der Waals surface area contributed by atoms with E-state index in [4.69, 9.17) is 0 Å². The number of carbonyl (C=O) groups excluding carboxylic acids is 1. The highest BCUT2D eigenvalue weighted by atomic mass is 32.1. The number of aromatic nitrogens is 5. The zero-order chi connectivity index (χ0) is 24.6. The molecule has 0 aliphatic carbocycles. The van der Waals surface area contributed by atoms with Crippen molar-refractivity contribution in [1.29, 1.82) is 0 Å². The van der Waals surface area contributed by atoms with Crippen molar-refractivity contribution in [3.05, 3.63) is 83.4 Å². The van der Waals surface area contributed by atoms with Crippen LogP contribution in [0.3, 0.4) is 0 Å². The predicted octanol–water partition coefficient (Wildman–Crippen LogP) is 3.99. The minimum Gasteiger partial charge on any atom is -0.476 e. The average molecular weight is 498 g/mol. The Bertz CT molecular complexity index is 1580. The van der Waals surface area contributed by atoms with E-state index in [0.29, 0.717) is 52.8 Å². The quantitative estimate of drug-likeness (QED) is 0.332. The SMILES string of the molecule is O=C(Nc1nc2ncccc2s1)c1cccc2c1CN(c1ccc(-c3cn[nH]c3)c(C(=O)O)n1)CC2. The molecule has 0 saturated heterocycles. The van der Waals surface area contributed by atoms with Gasteiger partial charge in [0.15, 0.2) is 16.5 Å². The molecule has 0 spiro atoms. The number of rotatable bonds is 5. The van der Waals surface area contributed by atoms with Gasteiger partial charge in [-0.2, -0.15) is 10.1 Å². The van der Waals surface area contributed by atoms with E-state index in [9.17, 15) is 14.7 Å². The second-order valence-electron chi connectivity index (χ2n) is 8.27. The lowest BCUT2D eigenvalue weighted by Crippen LogP contribution is -2.33. The van der Waals surface area contributed by atoms with Crippen molar-refractivity contribution in [2.75, 3.05) is 16.8 Å². The van der Waals surface area contributed by atoms with E-state index in [1.807, 2.05) is 29.2 Å². The number of amides is 1. The van der Waals surface area contributed by atoms with Gasteiger partial charge in [-0.05, 0) is 47.9 Å². The highest BCUT2D eigenvalue weighted by Gasteiger charge is 2.25. The molecule has 178 valence electrons. The highest BCUT2D eigenvalue weighted by molar-refractivity contribution is 7.22. The van der Waals surface area contributed by atoms with Gasteiger partial charge in [-0.15, -0.1) is 0 Å². The molecule has 1 amide bonds. The smallest absolute Gasteiger partial charge is 0.355 e. The van der Waals surface area contributed by atoms with Gasteiger partial charge in [-0.25, -0.2) is 14.8 Å². The average Bonchev–Trinajstić information content (AvgIpc) is 3.57. The van der Waals surface area contributed by atoms with Crippen LogP contribution in [0.5, 0.6) is 0 Å². The van der Waals surface area contributed by atoms with E-state index in [1.54, 1.807) is 36.8 Å². The molecule has 6 rings (SSSR count). The first kappa shape index (κ1) is 21.9. The van der Waals surface area contributed by atoms with Crippen LogP contribution in [-0.4, -0.2) is 48.7 Å². The Labute approximate surface area is 208 Å². The van der Waals surface area contributed by atoms with Crippen molar-refractivity contribution in [3.63, 3.8) is 0 Å². The number of fused-ring (bicyclic) bond motifs is 2. The van der Waals surface area contributed by atoms with Crippen LogP contribution in [0, 0.1) is 0 Å². The standard InChI is InChI=1S/C25H19N7O3S/c33-23(31-25-30-22-19(36-25)5-2-9-26-22)17-4-1-3-14-8-10-32(13-18(14)17)20-7-6-16(15-11-27-28-12-15)21(29-20)24(34)35/h1-7,9,11-12H,8,10,13H2,(H,27,28)(H,34,35)(H,26,30,31,33). The van der Waals surface area contributed by atoms with Crippen LogP contribution in [-0.2, 0) is 13.0 Å². The van der Waals surface area contributed by atoms with Gasteiger partial charge >= 0.3 is 5.97 Å². The van der Waals surface area contributed by atoms with E-state index < -0.39 is 5.97 Å². The van der Waals surface area contributed by atoms with Crippen LogP contribution in [0.2, 0.25) is 0 Å². The second kappa shape index (κ2) is 8.86. The third-order valence-electron chi connectivity index (χ3n) is 6.12. The maximum atomic E-state index is 13.2. The molecule has 1 aliphatic rings. The number of carboxylic acid groups (broad SMARTS) is 1. The minimum atomic E-state index is -1.11. The lowest BCUT2D eigenvalue weighted by atomic mass is 9.94. The van der Waals surface area contributed by atoms with Crippen LogP contribution in [0.4, 0.5) is 10.9 Å². The van der Waals surface area contributed by atoms with Crippen LogP contribution in [0.15, 0.2) is 61.1 Å². The van der Waals surface area contributed by atoms with Gasteiger partial charge in [0.1, 0.15) is 5.82 Å². The van der Waals surface area contributed by atoms with Crippen molar-refractivity contribution >= 4 is 44.5 Å². The van der Waals surface area contributed by atoms with E-state index in [-0.39, 0.29) is 11.6 Å². The van der Waals surface area contributed by atoms with Gasteiger partial charge in [0.25, 0.3) is 5.91 Å². The number of nitrogens with one attached hydrogen (secondary N) is 2. The molecule has 0 saturated carbocycles. The summed E-state index contributed by atoms with van der Waals surface area (Å²) in [5.74, 6) is -0.823. The van der Waals surface area contributed by atoms with E-state index in [2.05, 4.69) is 30.5 Å². The number of carboxylic acids is 1. The normalized spacial score (nSPS) is 12.9. The molecule has 11 heteroatoms. The van der Waals surface area contributed by atoms with E-state index >= 15 is 0 Å². The summed E-state index contributed by atoms with van der Waals surface area (Å²) in [7, 11) is 0. The number of aromatic amines is 1. The molecule has 5 heterocycles. The Morgan fingerprint density at radius 1 is 1.11 bits per heavy atom. The number of carbonyl (C=O) groups is 2. The van der Waals surface area contributed by atoms with Crippen LogP contribution >= 0.6 is 11.3 Å². The molecular formula is C25H19N7O3S. The summed E-state index contributed by atoms with van der Waals surface area (Å²) in [4.78, 5) is 40.3. The fourth-order valence-electron chi connectivity index (χ4n) is 4.40. The van der Waals surface area contributed by atoms with Crippen molar-refractivity contribution < 1.29 is 14.7 Å². The fraction of sp³-hybridized carbons (Fsp3) is 0.120. The van der Waals surface area contributed by atoms with Gasteiger partial charge in [0, 0.05) is 42.2 Å². The molecule has 1 aliphatic heterocycles. The summed E-state index contributed by atoms with van der Waals surface area (Å²) in [6, 6.07) is 13.0. The number of anilines is 2. The molecule has 3 N–H and O–H groups in total. The number of H-pyrrole nitrogens is 1. The molecule has 0 unspecified atom stereocenters. The summed E-state index contributed by atoms with van der Waals surface area (Å²) in [6.07, 6.45) is 5.57. The number of nitrogens with zero attached hydrogens (tertiary/aromatic N) is 5. The zero-order valence-corrected chi connectivity index (χ0v) is 19.6. The van der Waals surface area contributed by atoms with Crippen molar-refractivity contribution in [3.8, 4) is 11.1 Å². The molecule has 0 fully saturated rings. The largest absolute Gasteiger partial charge is 0.476 e. The van der Waals surface area contributed by atoms with Gasteiger partial charge in [0.2, 0.25) is 0 Å². The van der Waals surface area contributed by atoms with Crippen molar-refractivity contribution in [2.24, 2.45) is 0 Å². The van der Waals surface area contributed by atoms with Crippen molar-refractivity contribution in [1.82, 2.24) is 25.1 Å². The second-order valence-corrected chi connectivity index (χ2v) is 9.30. The van der Waals surface area contributed by atoms with Crippen LogP contribution in [0.1, 0.15) is 32.0 Å². The first-order valence-corrected chi connectivity index (χ1v) is 12.0. The summed E-state index contributed by atoms with van der Waals surface area (Å²) in [5.41, 5.74) is 4.21. The molecule has 4 aromatic heterocycles. The van der Waals surface area contributed by atoms with Gasteiger partial charge in [-0.3, -0.25) is 15.2 Å². The molecule has 5 aromatic rings. The fourth-order valence-corrected chi connectivity index (χ4v) is 5.22. The molecule has 0 radical (unpaired) electrons. The molecule has 10 nitrogen and oxygen atoms in total. The highest BCUT2D eigenvalue weighted by Crippen LogP contribution is 2.30. The van der Waals surface area contributed by atoms with E-state index in [0.717, 1.165) is 15.8 Å². The van der Waals surface area contributed by atoms with Gasteiger partial charge in [-0.1, -0.05) is 23.5 Å². The molecular weight excluding hydrogens is 478 g/mol. The topological polar surface area (TPSA) is 137 Å². The van der Waals surface area contributed by atoms with Crippen LogP contribution in [0.25, 0.3) is 21.5 Å². The minimum absolute atomic E-state index is 0.0461. The van der Waals surface area contributed by atoms with Crippen molar-refractivity contribution in [2.45, 2.75) is 13.0 Å². The first-order chi connectivity index (χ1) is 17.6.